The van der Waals surface area contributed by atoms with Gasteiger partial charge in [0.15, 0.2) is 11.5 Å². The van der Waals surface area contributed by atoms with Crippen molar-refractivity contribution >= 4 is 27.6 Å². The van der Waals surface area contributed by atoms with Gasteiger partial charge in [-0.3, -0.25) is 5.10 Å². The number of nitrogens with zero attached hydrogens (tertiary/aromatic N) is 4. The van der Waals surface area contributed by atoms with Crippen molar-refractivity contribution in [1.29, 1.82) is 5.26 Å². The number of aromatic nitrogens is 4. The number of hydrogen-bond donors (Lipinski definition) is 3. The normalized spacial score (nSPS) is 16.1. The Bertz CT molecular complexity index is 1060. The number of hydrogen-bond acceptors (Lipinski definition) is 8. The van der Waals surface area contributed by atoms with E-state index in [0.29, 0.717) is 40.7 Å². The van der Waals surface area contributed by atoms with E-state index < -0.39 is 5.82 Å². The summed E-state index contributed by atoms with van der Waals surface area (Å²) in [6, 6.07) is 6.60. The van der Waals surface area contributed by atoms with Crippen LogP contribution in [0, 0.1) is 17.1 Å². The Hall–Kier alpha value is -3.07. The molecule has 1 aliphatic heterocycles. The molecular formula is C19H17BrFN7O2. The molecule has 154 valence electrons. The third kappa shape index (κ3) is 4.73. The summed E-state index contributed by atoms with van der Waals surface area (Å²) >= 11 is 3.31. The number of nitriles is 1. The average Bonchev–Trinajstić information content (AvgIpc) is 3.21. The van der Waals surface area contributed by atoms with Crippen LogP contribution in [0.1, 0.15) is 5.69 Å². The van der Waals surface area contributed by atoms with Crippen molar-refractivity contribution in [2.45, 2.75) is 6.10 Å². The van der Waals surface area contributed by atoms with E-state index in [0.717, 1.165) is 6.54 Å². The summed E-state index contributed by atoms with van der Waals surface area (Å²) in [6.07, 6.45) is 2.65. The molecule has 1 atom stereocenters. The zero-order valence-corrected chi connectivity index (χ0v) is 17.2. The first-order valence-electron chi connectivity index (χ1n) is 9.11. The molecule has 0 saturated carbocycles. The summed E-state index contributed by atoms with van der Waals surface area (Å²) in [5.41, 5.74) is 0.898. The van der Waals surface area contributed by atoms with E-state index in [2.05, 4.69) is 46.7 Å². The molecule has 1 aliphatic rings. The topological polar surface area (TPSA) is 121 Å². The molecule has 3 N–H and O–H groups in total. The monoisotopic (exact) mass is 473 g/mol. The van der Waals surface area contributed by atoms with E-state index in [-0.39, 0.29) is 24.0 Å². The van der Waals surface area contributed by atoms with Gasteiger partial charge >= 0.3 is 0 Å². The van der Waals surface area contributed by atoms with Crippen LogP contribution in [0.5, 0.6) is 5.75 Å². The lowest BCUT2D eigenvalue weighted by molar-refractivity contribution is 0.000250. The van der Waals surface area contributed by atoms with Crippen LogP contribution in [-0.4, -0.2) is 52.6 Å². The van der Waals surface area contributed by atoms with Gasteiger partial charge in [0.1, 0.15) is 36.2 Å². The predicted octanol–water partition coefficient (Wildman–Crippen LogP) is 2.75. The summed E-state index contributed by atoms with van der Waals surface area (Å²) in [7, 11) is 0. The molecule has 0 aliphatic carbocycles. The average molecular weight is 474 g/mol. The van der Waals surface area contributed by atoms with E-state index in [9.17, 15) is 4.39 Å². The second-order valence-corrected chi connectivity index (χ2v) is 7.37. The van der Waals surface area contributed by atoms with Gasteiger partial charge in [0, 0.05) is 23.6 Å². The fraction of sp³-hybridized carbons (Fsp3) is 0.263. The zero-order valence-electron chi connectivity index (χ0n) is 15.7. The van der Waals surface area contributed by atoms with Crippen LogP contribution in [0.25, 0.3) is 11.3 Å². The highest BCUT2D eigenvalue weighted by atomic mass is 79.9. The van der Waals surface area contributed by atoms with Crippen molar-refractivity contribution in [2.24, 2.45) is 0 Å². The lowest BCUT2D eigenvalue weighted by Crippen LogP contribution is -2.41. The summed E-state index contributed by atoms with van der Waals surface area (Å²) in [5.74, 6) is 0.721. The van der Waals surface area contributed by atoms with Crippen molar-refractivity contribution in [3.63, 3.8) is 0 Å². The Labute approximate surface area is 179 Å². The molecule has 2 aromatic heterocycles. The van der Waals surface area contributed by atoms with E-state index in [1.165, 1.54) is 18.5 Å². The van der Waals surface area contributed by atoms with Crippen molar-refractivity contribution in [1.82, 2.24) is 25.5 Å². The van der Waals surface area contributed by atoms with Crippen molar-refractivity contribution < 1.29 is 13.9 Å². The minimum atomic E-state index is -0.463. The first-order valence-corrected chi connectivity index (χ1v) is 9.91. The first-order chi connectivity index (χ1) is 14.6. The SMILES string of the molecule is N#Cc1cnc(Nc2cc(-c3c(F)cc(Br)cc3OC[C@@H]3CNCCO3)[nH]n2)cn1. The summed E-state index contributed by atoms with van der Waals surface area (Å²) < 4.78 is 26.9. The second-order valence-electron chi connectivity index (χ2n) is 6.46. The van der Waals surface area contributed by atoms with Gasteiger partial charge in [0.2, 0.25) is 0 Å². The molecule has 0 spiro atoms. The standard InChI is InChI=1S/C19H17BrFN7O2/c20-11-3-14(21)19(16(4-11)30-10-13-8-23-1-2-29-13)15-5-17(28-27-15)26-18-9-24-12(6-22)7-25-18/h3-5,7,9,13,23H,1-2,8,10H2,(H2,25,26,27,28)/t13-/m0/s1. The van der Waals surface area contributed by atoms with Crippen molar-refractivity contribution in [3.05, 3.63) is 46.6 Å². The first kappa shape index (κ1) is 20.2. The molecule has 1 fully saturated rings. The molecule has 0 radical (unpaired) electrons. The summed E-state index contributed by atoms with van der Waals surface area (Å²) in [6.45, 7) is 2.38. The molecule has 1 saturated heterocycles. The van der Waals surface area contributed by atoms with Crippen LogP contribution < -0.4 is 15.4 Å². The Morgan fingerprint density at radius 2 is 2.20 bits per heavy atom. The number of benzene rings is 1. The third-order valence-corrected chi connectivity index (χ3v) is 4.78. The number of morpholine rings is 1. The van der Waals surface area contributed by atoms with Gasteiger partial charge in [-0.25, -0.2) is 14.4 Å². The fourth-order valence-corrected chi connectivity index (χ4v) is 3.34. The summed E-state index contributed by atoms with van der Waals surface area (Å²) in [4.78, 5) is 8.02. The van der Waals surface area contributed by atoms with Crippen LogP contribution in [0.3, 0.4) is 0 Å². The third-order valence-electron chi connectivity index (χ3n) is 4.32. The van der Waals surface area contributed by atoms with E-state index in [1.54, 1.807) is 12.1 Å². The number of aromatic amines is 1. The predicted molar refractivity (Wildman–Crippen MR) is 110 cm³/mol. The zero-order chi connectivity index (χ0) is 20.9. The van der Waals surface area contributed by atoms with Gasteiger partial charge in [0.25, 0.3) is 0 Å². The molecule has 0 amide bonds. The largest absolute Gasteiger partial charge is 0.490 e. The van der Waals surface area contributed by atoms with E-state index in [4.69, 9.17) is 14.7 Å². The maximum Gasteiger partial charge on any atom is 0.158 e. The van der Waals surface area contributed by atoms with Crippen molar-refractivity contribution in [3.8, 4) is 23.1 Å². The quantitative estimate of drug-likeness (QED) is 0.499. The number of H-pyrrole nitrogens is 1. The Morgan fingerprint density at radius 3 is 2.93 bits per heavy atom. The lowest BCUT2D eigenvalue weighted by Gasteiger charge is -2.24. The smallest absolute Gasteiger partial charge is 0.158 e. The number of ether oxygens (including phenoxy) is 2. The Morgan fingerprint density at radius 1 is 1.30 bits per heavy atom. The lowest BCUT2D eigenvalue weighted by atomic mass is 10.1. The van der Waals surface area contributed by atoms with Crippen LogP contribution in [0.4, 0.5) is 16.0 Å². The highest BCUT2D eigenvalue weighted by Crippen LogP contribution is 2.35. The molecule has 11 heteroatoms. The fourth-order valence-electron chi connectivity index (χ4n) is 2.93. The molecular weight excluding hydrogens is 457 g/mol. The van der Waals surface area contributed by atoms with Gasteiger partial charge in [-0.05, 0) is 12.1 Å². The molecule has 3 heterocycles. The number of halogens is 2. The van der Waals surface area contributed by atoms with Gasteiger partial charge in [-0.1, -0.05) is 15.9 Å². The van der Waals surface area contributed by atoms with Gasteiger partial charge in [-0.15, -0.1) is 0 Å². The second kappa shape index (κ2) is 9.17. The minimum absolute atomic E-state index is 0.109. The van der Waals surface area contributed by atoms with Crippen LogP contribution in [0.2, 0.25) is 0 Å². The highest BCUT2D eigenvalue weighted by molar-refractivity contribution is 9.10. The van der Waals surface area contributed by atoms with E-state index >= 15 is 0 Å². The summed E-state index contributed by atoms with van der Waals surface area (Å²) in [5, 5.41) is 21.9. The number of anilines is 2. The molecule has 3 aromatic rings. The Balaban J connectivity index is 1.54. The molecule has 1 aromatic carbocycles. The van der Waals surface area contributed by atoms with Gasteiger partial charge in [0.05, 0.1) is 30.3 Å². The maximum absolute atomic E-state index is 14.8. The molecule has 0 bridgehead atoms. The van der Waals surface area contributed by atoms with Crippen LogP contribution in [0.15, 0.2) is 35.1 Å². The van der Waals surface area contributed by atoms with Gasteiger partial charge in [-0.2, -0.15) is 10.4 Å². The van der Waals surface area contributed by atoms with Gasteiger partial charge < -0.3 is 20.1 Å². The maximum atomic E-state index is 14.8. The molecule has 4 rings (SSSR count). The van der Waals surface area contributed by atoms with Crippen molar-refractivity contribution in [2.75, 3.05) is 31.6 Å². The van der Waals surface area contributed by atoms with Crippen LogP contribution >= 0.6 is 15.9 Å². The Kier molecular flexibility index (Phi) is 6.18. The molecule has 0 unspecified atom stereocenters. The minimum Gasteiger partial charge on any atom is -0.490 e. The van der Waals surface area contributed by atoms with Crippen LogP contribution in [-0.2, 0) is 4.74 Å². The highest BCUT2D eigenvalue weighted by Gasteiger charge is 2.20. The number of nitrogens with one attached hydrogen (secondary N) is 3. The molecule has 9 nitrogen and oxygen atoms in total. The number of rotatable bonds is 6. The van der Waals surface area contributed by atoms with E-state index in [1.807, 2.05) is 6.07 Å². The molecule has 30 heavy (non-hydrogen) atoms.